The van der Waals surface area contributed by atoms with Crippen molar-refractivity contribution in [2.45, 2.75) is 45.4 Å². The Morgan fingerprint density at radius 2 is 1.91 bits per heavy atom. The number of nitrogens with zero attached hydrogens (tertiary/aromatic N) is 4. The Hall–Kier alpha value is -3.03. The molecule has 2 aromatic carbocycles. The zero-order valence-corrected chi connectivity index (χ0v) is 21.3. The molecular weight excluding hydrogens is 487 g/mol. The number of aromatic nitrogens is 2. The predicted octanol–water partition coefficient (Wildman–Crippen LogP) is 5.00. The summed E-state index contributed by atoms with van der Waals surface area (Å²) in [5.74, 6) is 0.519. The SMILES string of the molecule is COc1ccccc1C(C)N1CCn2nc3c(c2C1=O)CN(C(=O)c1ccc(Cl)c(Cl)c1)[C@H](C)C3. The van der Waals surface area contributed by atoms with Gasteiger partial charge in [0.05, 0.1) is 42.0 Å². The molecule has 2 aliphatic rings. The zero-order chi connectivity index (χ0) is 24.9. The molecule has 0 fully saturated rings. The Morgan fingerprint density at radius 3 is 2.66 bits per heavy atom. The third-order valence-electron chi connectivity index (χ3n) is 6.98. The van der Waals surface area contributed by atoms with Crippen molar-refractivity contribution in [2.24, 2.45) is 0 Å². The molecule has 2 atom stereocenters. The first-order valence-electron chi connectivity index (χ1n) is 11.6. The third kappa shape index (κ3) is 4.06. The van der Waals surface area contributed by atoms with Crippen LogP contribution in [0.5, 0.6) is 5.75 Å². The molecule has 2 aliphatic heterocycles. The fraction of sp³-hybridized carbons (Fsp3) is 0.346. The molecule has 0 radical (unpaired) electrons. The summed E-state index contributed by atoms with van der Waals surface area (Å²) in [4.78, 5) is 30.8. The second-order valence-electron chi connectivity index (χ2n) is 9.03. The molecule has 0 bridgehead atoms. The number of benzene rings is 2. The largest absolute Gasteiger partial charge is 0.496 e. The molecule has 0 aliphatic carbocycles. The van der Waals surface area contributed by atoms with E-state index in [-0.39, 0.29) is 23.9 Å². The van der Waals surface area contributed by atoms with Gasteiger partial charge in [-0.1, -0.05) is 41.4 Å². The highest BCUT2D eigenvalue weighted by atomic mass is 35.5. The van der Waals surface area contributed by atoms with Gasteiger partial charge in [0.2, 0.25) is 0 Å². The number of hydrogen-bond acceptors (Lipinski definition) is 4. The molecule has 3 aromatic rings. The van der Waals surface area contributed by atoms with Gasteiger partial charge in [-0.2, -0.15) is 5.10 Å². The summed E-state index contributed by atoms with van der Waals surface area (Å²) < 4.78 is 7.33. The highest BCUT2D eigenvalue weighted by molar-refractivity contribution is 6.42. The van der Waals surface area contributed by atoms with E-state index in [1.807, 2.05) is 43.0 Å². The van der Waals surface area contributed by atoms with E-state index in [2.05, 4.69) is 0 Å². The second kappa shape index (κ2) is 9.21. The van der Waals surface area contributed by atoms with E-state index in [4.69, 9.17) is 33.0 Å². The standard InChI is InChI=1S/C26H26Cl2N4O3/c1-15-12-22-19(14-31(15)25(33)17-8-9-20(27)21(28)13-17)24-26(34)30(10-11-32(24)29-22)16(2)18-6-4-5-7-23(18)35-3/h4-9,13,15-16H,10-12,14H2,1-3H3/t15-,16?/m1/s1. The van der Waals surface area contributed by atoms with Crippen molar-refractivity contribution < 1.29 is 14.3 Å². The van der Waals surface area contributed by atoms with E-state index in [0.29, 0.717) is 47.4 Å². The molecule has 1 unspecified atom stereocenters. The number of carbonyl (C=O) groups is 2. The number of para-hydroxylation sites is 1. The monoisotopic (exact) mass is 512 g/mol. The third-order valence-corrected chi connectivity index (χ3v) is 7.72. The maximum atomic E-state index is 13.8. The summed E-state index contributed by atoms with van der Waals surface area (Å²) in [7, 11) is 1.63. The lowest BCUT2D eigenvalue weighted by molar-refractivity contribution is 0.0603. The molecule has 1 aromatic heterocycles. The fourth-order valence-corrected chi connectivity index (χ4v) is 5.35. The Balaban J connectivity index is 1.46. The summed E-state index contributed by atoms with van der Waals surface area (Å²) in [5, 5.41) is 5.49. The topological polar surface area (TPSA) is 67.7 Å². The Morgan fingerprint density at radius 1 is 1.14 bits per heavy atom. The van der Waals surface area contributed by atoms with Crippen LogP contribution in [0.4, 0.5) is 0 Å². The minimum absolute atomic E-state index is 0.0693. The predicted molar refractivity (Wildman–Crippen MR) is 134 cm³/mol. The van der Waals surface area contributed by atoms with Gasteiger partial charge in [-0.3, -0.25) is 14.3 Å². The molecule has 7 nitrogen and oxygen atoms in total. The second-order valence-corrected chi connectivity index (χ2v) is 9.84. The van der Waals surface area contributed by atoms with E-state index in [9.17, 15) is 9.59 Å². The van der Waals surface area contributed by atoms with Crippen LogP contribution in [0.2, 0.25) is 10.0 Å². The van der Waals surface area contributed by atoms with Gasteiger partial charge in [0.1, 0.15) is 11.4 Å². The Bertz CT molecular complexity index is 1320. The summed E-state index contributed by atoms with van der Waals surface area (Å²) >= 11 is 12.2. The van der Waals surface area contributed by atoms with Crippen LogP contribution in [0.1, 0.15) is 57.6 Å². The van der Waals surface area contributed by atoms with E-state index < -0.39 is 0 Å². The van der Waals surface area contributed by atoms with Crippen molar-refractivity contribution in [3.63, 3.8) is 0 Å². The first-order chi connectivity index (χ1) is 16.8. The lowest BCUT2D eigenvalue weighted by Crippen LogP contribution is -2.44. The lowest BCUT2D eigenvalue weighted by atomic mass is 9.97. The van der Waals surface area contributed by atoms with Crippen LogP contribution < -0.4 is 4.74 Å². The average Bonchev–Trinajstić information content (AvgIpc) is 3.22. The minimum atomic E-state index is -0.172. The van der Waals surface area contributed by atoms with Gasteiger partial charge in [0, 0.05) is 35.7 Å². The van der Waals surface area contributed by atoms with Gasteiger partial charge < -0.3 is 14.5 Å². The minimum Gasteiger partial charge on any atom is -0.496 e. The summed E-state index contributed by atoms with van der Waals surface area (Å²) in [6.07, 6.45) is 0.581. The number of methoxy groups -OCH3 is 1. The number of carbonyl (C=O) groups excluding carboxylic acids is 2. The zero-order valence-electron chi connectivity index (χ0n) is 19.8. The average molecular weight is 513 g/mol. The summed E-state index contributed by atoms with van der Waals surface area (Å²) in [5.41, 5.74) is 3.68. The highest BCUT2D eigenvalue weighted by Gasteiger charge is 2.38. The van der Waals surface area contributed by atoms with E-state index in [0.717, 1.165) is 22.6 Å². The van der Waals surface area contributed by atoms with Crippen molar-refractivity contribution in [3.05, 3.63) is 80.6 Å². The summed E-state index contributed by atoms with van der Waals surface area (Å²) in [6, 6.07) is 12.4. The molecule has 3 heterocycles. The molecule has 0 spiro atoms. The van der Waals surface area contributed by atoms with Crippen LogP contribution in [0.3, 0.4) is 0 Å². The lowest BCUT2D eigenvalue weighted by Gasteiger charge is -2.36. The first kappa shape index (κ1) is 23.7. The molecule has 2 amide bonds. The highest BCUT2D eigenvalue weighted by Crippen LogP contribution is 2.35. The van der Waals surface area contributed by atoms with Gasteiger partial charge in [-0.25, -0.2) is 0 Å². The van der Waals surface area contributed by atoms with Crippen molar-refractivity contribution in [3.8, 4) is 5.75 Å². The van der Waals surface area contributed by atoms with E-state index in [1.165, 1.54) is 0 Å². The van der Waals surface area contributed by atoms with Gasteiger partial charge >= 0.3 is 0 Å². The van der Waals surface area contributed by atoms with Gasteiger partial charge in [0.25, 0.3) is 11.8 Å². The van der Waals surface area contributed by atoms with Gasteiger partial charge in [-0.05, 0) is 38.1 Å². The number of rotatable bonds is 4. The number of fused-ring (bicyclic) bond motifs is 3. The Labute approximate surface area is 214 Å². The fourth-order valence-electron chi connectivity index (χ4n) is 5.05. The molecule has 9 heteroatoms. The van der Waals surface area contributed by atoms with Crippen LogP contribution in [0.15, 0.2) is 42.5 Å². The summed E-state index contributed by atoms with van der Waals surface area (Å²) in [6.45, 7) is 5.47. The number of amides is 2. The van der Waals surface area contributed by atoms with Crippen molar-refractivity contribution >= 4 is 35.0 Å². The van der Waals surface area contributed by atoms with Crippen molar-refractivity contribution in [1.29, 1.82) is 0 Å². The van der Waals surface area contributed by atoms with Crippen molar-refractivity contribution in [1.82, 2.24) is 19.6 Å². The van der Waals surface area contributed by atoms with E-state index in [1.54, 1.807) is 34.9 Å². The van der Waals surface area contributed by atoms with E-state index >= 15 is 0 Å². The van der Waals surface area contributed by atoms with Crippen LogP contribution in [-0.4, -0.2) is 51.1 Å². The molecule has 0 saturated carbocycles. The quantitative estimate of drug-likeness (QED) is 0.493. The van der Waals surface area contributed by atoms with Crippen LogP contribution in [0, 0.1) is 0 Å². The maximum absolute atomic E-state index is 13.8. The van der Waals surface area contributed by atoms with Crippen LogP contribution >= 0.6 is 23.2 Å². The molecule has 0 N–H and O–H groups in total. The Kier molecular flexibility index (Phi) is 6.23. The molecule has 35 heavy (non-hydrogen) atoms. The number of hydrogen-bond donors (Lipinski definition) is 0. The molecule has 0 saturated heterocycles. The molecular formula is C26H26Cl2N4O3. The van der Waals surface area contributed by atoms with Crippen LogP contribution in [-0.2, 0) is 19.5 Å². The van der Waals surface area contributed by atoms with Gasteiger partial charge in [-0.15, -0.1) is 0 Å². The normalized spacial score (nSPS) is 18.2. The molecule has 182 valence electrons. The van der Waals surface area contributed by atoms with Gasteiger partial charge in [0.15, 0.2) is 0 Å². The maximum Gasteiger partial charge on any atom is 0.273 e. The first-order valence-corrected chi connectivity index (χ1v) is 12.3. The van der Waals surface area contributed by atoms with Crippen molar-refractivity contribution in [2.75, 3.05) is 13.7 Å². The van der Waals surface area contributed by atoms with Crippen LogP contribution in [0.25, 0.3) is 0 Å². The number of halogens is 2. The number of ether oxygens (including phenoxy) is 1. The smallest absolute Gasteiger partial charge is 0.273 e. The molecule has 5 rings (SSSR count).